The average Bonchev–Trinajstić information content (AvgIpc) is 3.72. The van der Waals surface area contributed by atoms with Crippen LogP contribution in [0.3, 0.4) is 0 Å². The maximum absolute atomic E-state index is 6.31. The monoisotopic (exact) mass is 513 g/mol. The van der Waals surface area contributed by atoms with Crippen molar-refractivity contribution in [3.05, 3.63) is 108 Å². The minimum absolute atomic E-state index is 0.432. The molecule has 9 nitrogen and oxygen atoms in total. The van der Waals surface area contributed by atoms with Crippen LogP contribution in [0.4, 0.5) is 5.82 Å². The molecule has 3 N–H and O–H groups in total. The van der Waals surface area contributed by atoms with Gasteiger partial charge in [0.1, 0.15) is 11.3 Å². The lowest BCUT2D eigenvalue weighted by atomic mass is 10.0. The molecule has 0 amide bonds. The summed E-state index contributed by atoms with van der Waals surface area (Å²) in [4.78, 5) is 18.7. The van der Waals surface area contributed by atoms with Gasteiger partial charge in [0.15, 0.2) is 17.3 Å². The zero-order chi connectivity index (χ0) is 26.2. The highest BCUT2D eigenvalue weighted by atomic mass is 15.3. The molecule has 9 heteroatoms. The fourth-order valence-electron chi connectivity index (χ4n) is 5.43. The molecule has 5 heterocycles. The van der Waals surface area contributed by atoms with Crippen LogP contribution in [0.1, 0.15) is 29.2 Å². The molecule has 0 spiro atoms. The van der Waals surface area contributed by atoms with E-state index in [4.69, 9.17) is 15.7 Å². The number of hydrogen-bond acceptors (Lipinski definition) is 7. The van der Waals surface area contributed by atoms with E-state index in [1.165, 1.54) is 11.1 Å². The van der Waals surface area contributed by atoms with Gasteiger partial charge in [-0.1, -0.05) is 12.1 Å². The minimum Gasteiger partial charge on any atom is -0.383 e. The number of aryl methyl sites for hydroxylation is 1. The third-order valence-electron chi connectivity index (χ3n) is 7.32. The normalized spacial score (nSPS) is 14.6. The molecule has 5 aromatic heterocycles. The van der Waals surface area contributed by atoms with Gasteiger partial charge in [-0.15, -0.1) is 0 Å². The van der Waals surface area contributed by atoms with Crippen molar-refractivity contribution in [2.24, 2.45) is 0 Å². The fraction of sp³-hybridized carbons (Fsp3) is 0.167. The molecule has 0 aliphatic heterocycles. The lowest BCUT2D eigenvalue weighted by Crippen LogP contribution is -2.20. The molecular weight excluding hydrogens is 486 g/mol. The van der Waals surface area contributed by atoms with Crippen molar-refractivity contribution in [2.45, 2.75) is 25.3 Å². The molecule has 0 bridgehead atoms. The third kappa shape index (κ3) is 4.32. The molecule has 1 aromatic carbocycles. The van der Waals surface area contributed by atoms with Crippen LogP contribution in [0.15, 0.2) is 91.5 Å². The zero-order valence-electron chi connectivity index (χ0n) is 21.3. The van der Waals surface area contributed by atoms with E-state index in [1.54, 1.807) is 17.1 Å². The highest BCUT2D eigenvalue weighted by Crippen LogP contribution is 2.36. The van der Waals surface area contributed by atoms with Crippen molar-refractivity contribution in [1.82, 2.24) is 39.6 Å². The number of rotatable bonds is 7. The van der Waals surface area contributed by atoms with E-state index in [9.17, 15) is 0 Å². The van der Waals surface area contributed by atoms with Crippen molar-refractivity contribution in [1.29, 1.82) is 0 Å². The van der Waals surface area contributed by atoms with E-state index >= 15 is 0 Å². The summed E-state index contributed by atoms with van der Waals surface area (Å²) in [6.45, 7) is 1.69. The summed E-state index contributed by atoms with van der Waals surface area (Å²) in [6, 6.07) is 22.3. The van der Waals surface area contributed by atoms with Crippen LogP contribution in [-0.4, -0.2) is 40.8 Å². The molecule has 1 unspecified atom stereocenters. The van der Waals surface area contributed by atoms with Gasteiger partial charge < -0.3 is 11.1 Å². The summed E-state index contributed by atoms with van der Waals surface area (Å²) in [6.07, 6.45) is 9.30. The number of nitrogen functional groups attached to an aromatic ring is 1. The van der Waals surface area contributed by atoms with Crippen LogP contribution in [-0.2, 0) is 13.0 Å². The van der Waals surface area contributed by atoms with Gasteiger partial charge in [-0.05, 0) is 84.5 Å². The molecule has 1 aliphatic carbocycles. The molecule has 0 saturated heterocycles. The van der Waals surface area contributed by atoms with Gasteiger partial charge in [0.2, 0.25) is 0 Å². The van der Waals surface area contributed by atoms with Crippen LogP contribution < -0.4 is 11.1 Å². The number of benzene rings is 1. The van der Waals surface area contributed by atoms with E-state index in [2.05, 4.69) is 49.2 Å². The topological polar surface area (TPSA) is 112 Å². The van der Waals surface area contributed by atoms with Crippen LogP contribution in [0.5, 0.6) is 0 Å². The van der Waals surface area contributed by atoms with Crippen molar-refractivity contribution in [3.8, 4) is 22.9 Å². The Labute approximate surface area is 225 Å². The minimum atomic E-state index is 0.432. The smallest absolute Gasteiger partial charge is 0.167 e. The summed E-state index contributed by atoms with van der Waals surface area (Å²) in [7, 11) is 0. The molecule has 6 aromatic rings. The Morgan fingerprint density at radius 2 is 1.87 bits per heavy atom. The Bertz CT molecular complexity index is 1760. The fourth-order valence-corrected chi connectivity index (χ4v) is 5.43. The molecule has 1 atom stereocenters. The first-order valence-corrected chi connectivity index (χ1v) is 13.1. The maximum atomic E-state index is 6.31. The second kappa shape index (κ2) is 9.77. The number of hydrogen-bond donors (Lipinski definition) is 2. The van der Waals surface area contributed by atoms with Crippen molar-refractivity contribution >= 4 is 17.0 Å². The van der Waals surface area contributed by atoms with E-state index in [0.717, 1.165) is 59.9 Å². The van der Waals surface area contributed by atoms with E-state index in [-0.39, 0.29) is 0 Å². The van der Waals surface area contributed by atoms with Gasteiger partial charge in [-0.3, -0.25) is 9.55 Å². The summed E-state index contributed by atoms with van der Waals surface area (Å²) >= 11 is 0. The first kappa shape index (κ1) is 23.2. The van der Waals surface area contributed by atoms with E-state index < -0.39 is 0 Å². The molecule has 0 fully saturated rings. The van der Waals surface area contributed by atoms with Gasteiger partial charge in [-0.2, -0.15) is 5.10 Å². The largest absolute Gasteiger partial charge is 0.383 e. The highest BCUT2D eigenvalue weighted by molar-refractivity contribution is 5.83. The van der Waals surface area contributed by atoms with Crippen LogP contribution in [0, 0.1) is 0 Å². The van der Waals surface area contributed by atoms with Crippen molar-refractivity contribution in [2.75, 3.05) is 12.3 Å². The molecule has 0 radical (unpaired) electrons. The molecule has 7 rings (SSSR count). The van der Waals surface area contributed by atoms with E-state index in [0.29, 0.717) is 17.6 Å². The number of imidazole rings is 1. The van der Waals surface area contributed by atoms with Gasteiger partial charge in [0.25, 0.3) is 0 Å². The Balaban J connectivity index is 1.27. The summed E-state index contributed by atoms with van der Waals surface area (Å²) in [5.74, 6) is 2.34. The second-order valence-electron chi connectivity index (χ2n) is 9.74. The first-order valence-electron chi connectivity index (χ1n) is 13.1. The Morgan fingerprint density at radius 3 is 2.72 bits per heavy atom. The predicted molar refractivity (Wildman–Crippen MR) is 151 cm³/mol. The van der Waals surface area contributed by atoms with Crippen LogP contribution in [0.25, 0.3) is 34.1 Å². The Morgan fingerprint density at radius 1 is 0.923 bits per heavy atom. The zero-order valence-corrected chi connectivity index (χ0v) is 21.3. The van der Waals surface area contributed by atoms with Crippen LogP contribution >= 0.6 is 0 Å². The number of nitrogens with one attached hydrogen (secondary N) is 1. The maximum Gasteiger partial charge on any atom is 0.167 e. The number of anilines is 1. The van der Waals surface area contributed by atoms with Crippen LogP contribution in [0.2, 0.25) is 0 Å². The molecular formula is C30H27N9. The Kier molecular flexibility index (Phi) is 5.82. The number of nitrogens with two attached hydrogens (primary N) is 1. The van der Waals surface area contributed by atoms with Gasteiger partial charge >= 0.3 is 0 Å². The molecule has 0 saturated carbocycles. The molecule has 1 aliphatic rings. The lowest BCUT2D eigenvalue weighted by Gasteiger charge is -2.15. The summed E-state index contributed by atoms with van der Waals surface area (Å²) in [5.41, 5.74) is 13.4. The summed E-state index contributed by atoms with van der Waals surface area (Å²) < 4.78 is 3.84. The lowest BCUT2D eigenvalue weighted by molar-refractivity contribution is 0.574. The van der Waals surface area contributed by atoms with Crippen molar-refractivity contribution in [3.63, 3.8) is 0 Å². The second-order valence-corrected chi connectivity index (χ2v) is 9.74. The van der Waals surface area contributed by atoms with Gasteiger partial charge in [-0.25, -0.2) is 19.6 Å². The number of nitrogens with zero attached hydrogens (tertiary/aromatic N) is 7. The number of aromatic nitrogens is 7. The average molecular weight is 514 g/mol. The summed E-state index contributed by atoms with van der Waals surface area (Å²) in [5, 5.41) is 7.95. The number of fused-ring (bicyclic) bond motifs is 2. The molecule has 39 heavy (non-hydrogen) atoms. The standard InChI is InChI=1S/C30H27N9/c31-28-25(6-3-14-34-28)29-36-26-11-12-27(38-16-4-15-35-38)37-30(26)39(29)23-9-10-24-20(17-23)7-8-21(24)18-32-19-22-5-1-2-13-33-22/h1-6,9-17,21,32H,7-8,18-19H2,(H2,31,34). The number of pyridine rings is 3. The molecule has 192 valence electrons. The SMILES string of the molecule is Nc1ncccc1-c1nc2ccc(-n3cccn3)nc2n1-c1ccc2c(c1)CCC2CNCc1ccccn1. The van der Waals surface area contributed by atoms with E-state index in [1.807, 2.05) is 54.9 Å². The quantitative estimate of drug-likeness (QED) is 0.324. The third-order valence-corrected chi connectivity index (χ3v) is 7.32. The van der Waals surface area contributed by atoms with Gasteiger partial charge in [0, 0.05) is 43.6 Å². The first-order chi connectivity index (χ1) is 19.2. The highest BCUT2D eigenvalue weighted by Gasteiger charge is 2.24. The van der Waals surface area contributed by atoms with Crippen molar-refractivity contribution < 1.29 is 0 Å². The predicted octanol–water partition coefficient (Wildman–Crippen LogP) is 4.47. The Hall–Kier alpha value is -4.89. The van der Waals surface area contributed by atoms with Gasteiger partial charge in [0.05, 0.1) is 11.3 Å².